The molecule has 0 heterocycles. The van der Waals surface area contributed by atoms with Crippen LogP contribution in [0.5, 0.6) is 0 Å². The van der Waals surface area contributed by atoms with E-state index in [1.807, 2.05) is 0 Å². The van der Waals surface area contributed by atoms with E-state index in [4.69, 9.17) is 16.0 Å². The van der Waals surface area contributed by atoms with Gasteiger partial charge in [0.2, 0.25) is 0 Å². The van der Waals surface area contributed by atoms with Gasteiger partial charge in [-0.05, 0) is 0 Å². The van der Waals surface area contributed by atoms with Crippen LogP contribution in [0, 0.1) is 0 Å². The second-order valence-corrected chi connectivity index (χ2v) is 1.56. The van der Waals surface area contributed by atoms with Gasteiger partial charge in [0.25, 0.3) is 0 Å². The fourth-order valence-corrected chi connectivity index (χ4v) is 0. The van der Waals surface area contributed by atoms with E-state index in [2.05, 4.69) is 0 Å². The minimum atomic E-state index is -5.62. The molecule has 0 aromatic heterocycles. The molecule has 0 aliphatic carbocycles. The summed E-state index contributed by atoms with van der Waals surface area (Å²) >= 11 is -5.62. The first kappa shape index (κ1) is 22.6. The second kappa shape index (κ2) is 8.68. The van der Waals surface area contributed by atoms with E-state index in [0.717, 1.165) is 0 Å². The third-order valence-electron chi connectivity index (χ3n) is 0. The monoisotopic (exact) mass is 237 g/mol. The topological polar surface area (TPSA) is 80.3 Å². The van der Waals surface area contributed by atoms with Gasteiger partial charge in [0.1, 0.15) is 0 Å². The molecule has 1 radical (unpaired) electrons. The molecule has 0 N–H and O–H groups in total. The molecule has 8 heteroatoms. The summed E-state index contributed by atoms with van der Waals surface area (Å²) in [7, 11) is 0. The van der Waals surface area contributed by atoms with Crippen LogP contribution in [0.25, 0.3) is 0 Å². The Kier molecular flexibility index (Phi) is 24.5. The van der Waals surface area contributed by atoms with Crippen molar-refractivity contribution in [3.8, 4) is 0 Å². The van der Waals surface area contributed by atoms with Gasteiger partial charge < -0.3 is 0 Å². The molecule has 0 unspecified atom stereocenters. The average Bonchev–Trinajstić information content (AvgIpc) is 0.722. The van der Waals surface area contributed by atoms with Crippen LogP contribution in [0.1, 0.15) is 0 Å². The second-order valence-electron chi connectivity index (χ2n) is 0.378. The molecule has 0 aliphatic rings. The molecular weight excluding hydrogens is 237 g/mol. The summed E-state index contributed by atoms with van der Waals surface area (Å²) in [4.78, 5) is 0. The summed E-state index contributed by atoms with van der Waals surface area (Å²) in [6.07, 6.45) is 0. The molecule has 0 fully saturated rings. The number of hydrogen-bond acceptors (Lipinski definition) is 4. The molecule has 0 aromatic carbocycles. The Morgan fingerprint density at radius 1 is 1.12 bits per heavy atom. The number of rotatable bonds is 0. The fourth-order valence-electron chi connectivity index (χ4n) is 0. The molecule has 0 saturated carbocycles. The van der Waals surface area contributed by atoms with Crippen LogP contribution in [-0.4, -0.2) is 0 Å². The Morgan fingerprint density at radius 2 is 1.12 bits per heavy atom. The van der Waals surface area contributed by atoms with Crippen molar-refractivity contribution in [3.05, 3.63) is 0 Å². The normalized spacial score (nSPS) is 7.25. The van der Waals surface area contributed by atoms with Crippen LogP contribution in [0.2, 0.25) is 0 Å². The fraction of sp³-hybridized carbons (Fsp3) is 0. The van der Waals surface area contributed by atoms with Crippen molar-refractivity contribution in [3.63, 3.8) is 0 Å². The summed E-state index contributed by atoms with van der Waals surface area (Å²) in [5.74, 6) is 0. The molecule has 4 nitrogen and oxygen atoms in total. The van der Waals surface area contributed by atoms with Gasteiger partial charge in [0.05, 0.1) is 0 Å². The Bertz CT molecular complexity index is 97.2. The summed E-state index contributed by atoms with van der Waals surface area (Å²) in [6, 6.07) is 0. The van der Waals surface area contributed by atoms with Crippen LogP contribution in [-0.2, 0) is 55.2 Å². The predicted molar refractivity (Wildman–Crippen MR) is 1.37 cm³/mol. The van der Waals surface area contributed by atoms with Crippen LogP contribution < -0.4 is 27.2 Å². The van der Waals surface area contributed by atoms with Gasteiger partial charge in [0, 0.05) is 0 Å². The minimum absolute atomic E-state index is 0. The SMILES string of the molecule is [Fe+2].[Li+].[Mn+2].[O]=[Mn](=[O])([O-])[O-]. The van der Waals surface area contributed by atoms with E-state index in [-0.39, 0.29) is 53.0 Å². The quantitative estimate of drug-likeness (QED) is 0.393. The Hall–Kier alpha value is 1.68. The van der Waals surface area contributed by atoms with Crippen LogP contribution in [0.15, 0.2) is 0 Å². The molecule has 0 aromatic rings. The van der Waals surface area contributed by atoms with Crippen LogP contribution >= 0.6 is 0 Å². The van der Waals surface area contributed by atoms with E-state index < -0.39 is 13.4 Å². The molecule has 0 rings (SSSR count). The van der Waals surface area contributed by atoms with Crippen molar-refractivity contribution in [2.24, 2.45) is 0 Å². The molecule has 0 spiro atoms. The van der Waals surface area contributed by atoms with Crippen LogP contribution in [0.3, 0.4) is 0 Å². The van der Waals surface area contributed by atoms with Crippen molar-refractivity contribution in [1.29, 1.82) is 0 Å². The van der Waals surface area contributed by atoms with Crippen LogP contribution in [0.4, 0.5) is 0 Å². The van der Waals surface area contributed by atoms with Crippen molar-refractivity contribution in [1.82, 2.24) is 0 Å². The molecule has 0 saturated heterocycles. The van der Waals surface area contributed by atoms with Crippen molar-refractivity contribution in [2.75, 3.05) is 0 Å². The van der Waals surface area contributed by atoms with Gasteiger partial charge >= 0.3 is 82.4 Å². The van der Waals surface area contributed by atoms with Crippen molar-refractivity contribution >= 4 is 0 Å². The van der Waals surface area contributed by atoms with E-state index in [9.17, 15) is 0 Å². The maximum atomic E-state index is 8.58. The first-order valence-corrected chi connectivity index (χ1v) is 2.54. The van der Waals surface area contributed by atoms with E-state index in [1.165, 1.54) is 0 Å². The van der Waals surface area contributed by atoms with Gasteiger partial charge in [-0.15, -0.1) is 0 Å². The Morgan fingerprint density at radius 3 is 1.12 bits per heavy atom. The summed E-state index contributed by atoms with van der Waals surface area (Å²) < 4.78 is 34.3. The first-order valence-electron chi connectivity index (χ1n) is 0.617. The molecular formula is FeLiMn2O4+3. The molecule has 8 heavy (non-hydrogen) atoms. The summed E-state index contributed by atoms with van der Waals surface area (Å²) in [5.41, 5.74) is 0. The van der Waals surface area contributed by atoms with Gasteiger partial charge in [-0.3, -0.25) is 0 Å². The van der Waals surface area contributed by atoms with Gasteiger partial charge in [-0.2, -0.15) is 0 Å². The van der Waals surface area contributed by atoms with E-state index in [0.29, 0.717) is 0 Å². The van der Waals surface area contributed by atoms with Crippen molar-refractivity contribution < 1.29 is 82.4 Å². The Balaban J connectivity index is -0.0000000267. The third kappa shape index (κ3) is 122. The number of hydrogen-bond donors (Lipinski definition) is 0. The first-order chi connectivity index (χ1) is 2.00. The molecule has 44 valence electrons. The average molecular weight is 237 g/mol. The van der Waals surface area contributed by atoms with Gasteiger partial charge in [-0.1, -0.05) is 0 Å². The van der Waals surface area contributed by atoms with Gasteiger partial charge in [-0.25, -0.2) is 0 Å². The zero-order valence-corrected chi connectivity index (χ0v) is 7.21. The van der Waals surface area contributed by atoms with Gasteiger partial charge in [0.15, 0.2) is 0 Å². The summed E-state index contributed by atoms with van der Waals surface area (Å²) in [5, 5.41) is 0. The molecule has 0 amide bonds. The van der Waals surface area contributed by atoms with E-state index >= 15 is 0 Å². The molecule has 0 aliphatic heterocycles. The van der Waals surface area contributed by atoms with Crippen molar-refractivity contribution in [2.45, 2.75) is 0 Å². The zero-order chi connectivity index (χ0) is 4.50. The van der Waals surface area contributed by atoms with E-state index in [1.54, 1.807) is 0 Å². The standard InChI is InChI=1S/Fe.Li.2Mn.4O/q+2;+1;;+2;;;2*-1. The third-order valence-corrected chi connectivity index (χ3v) is 0. The molecule has 0 bridgehead atoms. The Labute approximate surface area is 81.8 Å². The predicted octanol–water partition coefficient (Wildman–Crippen LogP) is -5.62. The summed E-state index contributed by atoms with van der Waals surface area (Å²) in [6.45, 7) is 0. The zero-order valence-electron chi connectivity index (χ0n) is 3.74. The molecule has 0 atom stereocenters. The maximum absolute atomic E-state index is 8.58.